The van der Waals surface area contributed by atoms with E-state index in [1.807, 2.05) is 13.0 Å². The van der Waals surface area contributed by atoms with Gasteiger partial charge in [-0.05, 0) is 57.2 Å². The fourth-order valence-corrected chi connectivity index (χ4v) is 2.32. The van der Waals surface area contributed by atoms with E-state index in [4.69, 9.17) is 9.47 Å². The number of hydrogen-bond donors (Lipinski definition) is 4. The Morgan fingerprint density at radius 2 is 1.47 bits per heavy atom. The fraction of sp³-hybridized carbons (Fsp3) is 0.286. The van der Waals surface area contributed by atoms with E-state index in [9.17, 15) is 14.4 Å². The Labute approximate surface area is 175 Å². The average molecular weight is 414 g/mol. The summed E-state index contributed by atoms with van der Waals surface area (Å²) in [6.07, 6.45) is -0.854. The molecule has 2 rings (SSSR count). The van der Waals surface area contributed by atoms with Gasteiger partial charge in [0.05, 0.1) is 6.61 Å². The van der Waals surface area contributed by atoms with E-state index in [0.717, 1.165) is 0 Å². The van der Waals surface area contributed by atoms with E-state index < -0.39 is 30.0 Å². The zero-order chi connectivity index (χ0) is 21.9. The predicted octanol–water partition coefficient (Wildman–Crippen LogP) is 2.21. The number of hydrazine groups is 1. The Kier molecular flexibility index (Phi) is 8.49. The highest BCUT2D eigenvalue weighted by molar-refractivity contribution is 5.94. The molecule has 4 N–H and O–H groups in total. The van der Waals surface area contributed by atoms with Crippen LogP contribution in [0.15, 0.2) is 54.6 Å². The van der Waals surface area contributed by atoms with Crippen molar-refractivity contribution in [2.24, 2.45) is 0 Å². The zero-order valence-electron chi connectivity index (χ0n) is 17.1. The Bertz CT molecular complexity index is 842. The lowest BCUT2D eigenvalue weighted by molar-refractivity contribution is -0.133. The first-order valence-electron chi connectivity index (χ1n) is 9.50. The molecule has 0 unspecified atom stereocenters. The van der Waals surface area contributed by atoms with Gasteiger partial charge in [-0.2, -0.15) is 0 Å². The van der Waals surface area contributed by atoms with Crippen molar-refractivity contribution in [1.82, 2.24) is 16.2 Å². The van der Waals surface area contributed by atoms with E-state index in [1.54, 1.807) is 55.5 Å². The minimum Gasteiger partial charge on any atom is -0.494 e. The van der Waals surface area contributed by atoms with Crippen molar-refractivity contribution >= 4 is 23.5 Å². The number of rotatable bonds is 8. The average Bonchev–Trinajstić information content (AvgIpc) is 2.73. The standard InChI is InChI=1S/C21H26N4O5/c1-4-29-17-10-12-18(13-11-17)30-15(3)20(27)25-24-19(26)14(2)22-21(28)23-16-8-6-5-7-9-16/h5-15H,4H2,1-3H3,(H,24,26)(H,25,27)(H2,22,23,28)/t14-,15-/m0/s1. The van der Waals surface area contributed by atoms with Crippen molar-refractivity contribution in [2.45, 2.75) is 32.9 Å². The first kappa shape index (κ1) is 22.5. The molecule has 0 fully saturated rings. The van der Waals surface area contributed by atoms with Gasteiger partial charge in [0.25, 0.3) is 11.8 Å². The van der Waals surface area contributed by atoms with Gasteiger partial charge in [-0.15, -0.1) is 0 Å². The first-order valence-corrected chi connectivity index (χ1v) is 9.50. The lowest BCUT2D eigenvalue weighted by Crippen LogP contribution is -2.53. The zero-order valence-corrected chi connectivity index (χ0v) is 17.1. The summed E-state index contributed by atoms with van der Waals surface area (Å²) in [5.74, 6) is 0.0602. The number of anilines is 1. The molecule has 0 radical (unpaired) electrons. The van der Waals surface area contributed by atoms with Crippen molar-refractivity contribution in [1.29, 1.82) is 0 Å². The van der Waals surface area contributed by atoms with Gasteiger partial charge in [-0.1, -0.05) is 18.2 Å². The second-order valence-electron chi connectivity index (χ2n) is 6.33. The van der Waals surface area contributed by atoms with Crippen LogP contribution in [0.2, 0.25) is 0 Å². The van der Waals surface area contributed by atoms with E-state index in [-0.39, 0.29) is 0 Å². The molecule has 0 aliphatic heterocycles. The summed E-state index contributed by atoms with van der Waals surface area (Å²) in [6.45, 7) is 5.48. The Balaban J connectivity index is 1.74. The van der Waals surface area contributed by atoms with Crippen LogP contribution in [0.5, 0.6) is 11.5 Å². The summed E-state index contributed by atoms with van der Waals surface area (Å²) in [6, 6.07) is 14.2. The van der Waals surface area contributed by atoms with Crippen LogP contribution in [-0.2, 0) is 9.59 Å². The van der Waals surface area contributed by atoms with Crippen LogP contribution in [0.1, 0.15) is 20.8 Å². The maximum absolute atomic E-state index is 12.1. The van der Waals surface area contributed by atoms with Crippen LogP contribution >= 0.6 is 0 Å². The highest BCUT2D eigenvalue weighted by atomic mass is 16.5. The highest BCUT2D eigenvalue weighted by Crippen LogP contribution is 2.18. The molecular weight excluding hydrogens is 388 g/mol. The molecule has 9 heteroatoms. The molecule has 2 aromatic rings. The van der Waals surface area contributed by atoms with Gasteiger partial charge in [-0.3, -0.25) is 20.4 Å². The Hall–Kier alpha value is -3.75. The molecule has 0 bridgehead atoms. The van der Waals surface area contributed by atoms with Crippen molar-refractivity contribution in [3.8, 4) is 11.5 Å². The molecular formula is C21H26N4O5. The molecule has 0 spiro atoms. The van der Waals surface area contributed by atoms with E-state index in [1.165, 1.54) is 6.92 Å². The SMILES string of the molecule is CCOc1ccc(O[C@@H](C)C(=O)NNC(=O)[C@H](C)NC(=O)Nc2ccccc2)cc1. The third-order valence-electron chi connectivity index (χ3n) is 3.90. The van der Waals surface area contributed by atoms with E-state index >= 15 is 0 Å². The van der Waals surface area contributed by atoms with Gasteiger partial charge < -0.3 is 20.1 Å². The lowest BCUT2D eigenvalue weighted by Gasteiger charge is -2.18. The molecule has 2 aromatic carbocycles. The molecule has 2 atom stereocenters. The number of carbonyl (C=O) groups excluding carboxylic acids is 3. The molecule has 0 heterocycles. The van der Waals surface area contributed by atoms with Crippen molar-refractivity contribution in [2.75, 3.05) is 11.9 Å². The number of nitrogens with one attached hydrogen (secondary N) is 4. The summed E-state index contributed by atoms with van der Waals surface area (Å²) in [5.41, 5.74) is 5.13. The fourth-order valence-electron chi connectivity index (χ4n) is 2.32. The quantitative estimate of drug-likeness (QED) is 0.494. The molecule has 0 saturated carbocycles. The maximum Gasteiger partial charge on any atom is 0.319 e. The summed E-state index contributed by atoms with van der Waals surface area (Å²) in [5, 5.41) is 5.08. The van der Waals surface area contributed by atoms with Crippen molar-refractivity contribution < 1.29 is 23.9 Å². The number of urea groups is 1. The summed E-state index contributed by atoms with van der Waals surface area (Å²) in [4.78, 5) is 36.1. The Morgan fingerprint density at radius 3 is 2.10 bits per heavy atom. The molecule has 0 aliphatic carbocycles. The molecule has 4 amide bonds. The van der Waals surface area contributed by atoms with E-state index in [2.05, 4.69) is 21.5 Å². The van der Waals surface area contributed by atoms with Gasteiger partial charge in [0.2, 0.25) is 0 Å². The maximum atomic E-state index is 12.1. The molecule has 0 saturated heterocycles. The second-order valence-corrected chi connectivity index (χ2v) is 6.33. The van der Waals surface area contributed by atoms with Crippen LogP contribution in [0.3, 0.4) is 0 Å². The van der Waals surface area contributed by atoms with Crippen LogP contribution < -0.4 is 31.0 Å². The molecule has 9 nitrogen and oxygen atoms in total. The van der Waals surface area contributed by atoms with Crippen LogP contribution in [0, 0.1) is 0 Å². The topological polar surface area (TPSA) is 118 Å². The first-order chi connectivity index (χ1) is 14.4. The predicted molar refractivity (Wildman–Crippen MR) is 112 cm³/mol. The van der Waals surface area contributed by atoms with Crippen molar-refractivity contribution in [3.05, 3.63) is 54.6 Å². The van der Waals surface area contributed by atoms with E-state index in [0.29, 0.717) is 23.8 Å². The number of ether oxygens (including phenoxy) is 2. The monoisotopic (exact) mass is 414 g/mol. The minimum absolute atomic E-state index is 0.486. The number of hydrogen-bond acceptors (Lipinski definition) is 5. The van der Waals surface area contributed by atoms with Crippen LogP contribution in [0.25, 0.3) is 0 Å². The third kappa shape index (κ3) is 7.34. The number of para-hydroxylation sites is 1. The van der Waals surface area contributed by atoms with Crippen LogP contribution in [-0.4, -0.2) is 36.6 Å². The molecule has 30 heavy (non-hydrogen) atoms. The minimum atomic E-state index is -0.878. The molecule has 160 valence electrons. The number of benzene rings is 2. The van der Waals surface area contributed by atoms with Gasteiger partial charge >= 0.3 is 6.03 Å². The lowest BCUT2D eigenvalue weighted by atomic mass is 10.3. The summed E-state index contributed by atoms with van der Waals surface area (Å²) < 4.78 is 10.9. The van der Waals surface area contributed by atoms with Gasteiger partial charge in [0.15, 0.2) is 6.10 Å². The Morgan fingerprint density at radius 1 is 0.867 bits per heavy atom. The molecule has 0 aromatic heterocycles. The van der Waals surface area contributed by atoms with Gasteiger partial charge in [0.1, 0.15) is 17.5 Å². The third-order valence-corrected chi connectivity index (χ3v) is 3.90. The summed E-state index contributed by atoms with van der Waals surface area (Å²) in [7, 11) is 0. The summed E-state index contributed by atoms with van der Waals surface area (Å²) >= 11 is 0. The largest absolute Gasteiger partial charge is 0.494 e. The molecule has 0 aliphatic rings. The normalized spacial score (nSPS) is 12.1. The number of carbonyl (C=O) groups is 3. The number of amides is 4. The van der Waals surface area contributed by atoms with Crippen LogP contribution in [0.4, 0.5) is 10.5 Å². The smallest absolute Gasteiger partial charge is 0.319 e. The van der Waals surface area contributed by atoms with Gasteiger partial charge in [-0.25, -0.2) is 4.79 Å². The van der Waals surface area contributed by atoms with Crippen molar-refractivity contribution in [3.63, 3.8) is 0 Å². The van der Waals surface area contributed by atoms with Gasteiger partial charge in [0, 0.05) is 5.69 Å². The highest BCUT2D eigenvalue weighted by Gasteiger charge is 2.19. The second kappa shape index (κ2) is 11.3.